The molecule has 3 nitrogen and oxygen atoms in total. The van der Waals surface area contributed by atoms with Crippen molar-refractivity contribution in [3.05, 3.63) is 36.0 Å². The summed E-state index contributed by atoms with van der Waals surface area (Å²) in [5, 5.41) is 13.9. The van der Waals surface area contributed by atoms with Crippen molar-refractivity contribution in [3.8, 4) is 0 Å². The Kier molecular flexibility index (Phi) is 5.00. The van der Waals surface area contributed by atoms with Crippen LogP contribution in [0.2, 0.25) is 0 Å². The second-order valence-electron chi connectivity index (χ2n) is 5.33. The van der Waals surface area contributed by atoms with Crippen LogP contribution >= 0.6 is 0 Å². The van der Waals surface area contributed by atoms with Crippen LogP contribution in [-0.2, 0) is 13.1 Å². The molecule has 2 N–H and O–H groups in total. The fourth-order valence-corrected chi connectivity index (χ4v) is 2.30. The van der Waals surface area contributed by atoms with E-state index in [9.17, 15) is 5.11 Å². The Bertz CT molecular complexity index is 518. The van der Waals surface area contributed by atoms with Crippen molar-refractivity contribution in [1.29, 1.82) is 0 Å². The van der Waals surface area contributed by atoms with Crippen molar-refractivity contribution in [2.75, 3.05) is 13.2 Å². The molecule has 0 radical (unpaired) electrons. The molecule has 1 heterocycles. The molecule has 0 aliphatic rings. The van der Waals surface area contributed by atoms with Crippen LogP contribution in [0.4, 0.5) is 0 Å². The van der Waals surface area contributed by atoms with Crippen LogP contribution in [0.5, 0.6) is 0 Å². The number of fused-ring (bicyclic) bond motifs is 1. The lowest BCUT2D eigenvalue weighted by atomic mass is 10.1. The molecule has 2 rings (SSSR count). The summed E-state index contributed by atoms with van der Waals surface area (Å²) in [6, 6.07) is 8.76. The van der Waals surface area contributed by atoms with Crippen molar-refractivity contribution >= 4 is 10.9 Å². The molecule has 0 saturated carbocycles. The highest BCUT2D eigenvalue weighted by Crippen LogP contribution is 2.19. The maximum atomic E-state index is 9.18. The van der Waals surface area contributed by atoms with Crippen LogP contribution in [-0.4, -0.2) is 22.8 Å². The van der Waals surface area contributed by atoms with Gasteiger partial charge in [0.2, 0.25) is 0 Å². The van der Waals surface area contributed by atoms with E-state index < -0.39 is 0 Å². The number of hydrogen-bond donors (Lipinski definition) is 2. The van der Waals surface area contributed by atoms with Gasteiger partial charge >= 0.3 is 0 Å². The van der Waals surface area contributed by atoms with E-state index in [0.717, 1.165) is 26.1 Å². The predicted molar refractivity (Wildman–Crippen MR) is 80.2 cm³/mol. The van der Waals surface area contributed by atoms with Gasteiger partial charge in [-0.1, -0.05) is 26.0 Å². The molecule has 1 aromatic heterocycles. The highest BCUT2D eigenvalue weighted by atomic mass is 16.3. The molecular weight excluding hydrogens is 236 g/mol. The summed E-state index contributed by atoms with van der Waals surface area (Å²) < 4.78 is 2.24. The Hall–Kier alpha value is -1.32. The van der Waals surface area contributed by atoms with Crippen molar-refractivity contribution in [1.82, 2.24) is 9.88 Å². The molecule has 104 valence electrons. The quantitative estimate of drug-likeness (QED) is 0.751. The molecular formula is C16H24N2O. The predicted octanol–water partition coefficient (Wildman–Crippen LogP) is 2.77. The Labute approximate surface area is 115 Å². The van der Waals surface area contributed by atoms with Crippen molar-refractivity contribution in [2.24, 2.45) is 5.92 Å². The lowest BCUT2D eigenvalue weighted by Crippen LogP contribution is -2.14. The first-order valence-corrected chi connectivity index (χ1v) is 7.14. The molecule has 0 aliphatic carbocycles. The molecule has 3 heteroatoms. The summed E-state index contributed by atoms with van der Waals surface area (Å²) >= 11 is 0. The topological polar surface area (TPSA) is 37.2 Å². The highest BCUT2D eigenvalue weighted by Gasteiger charge is 2.06. The zero-order valence-electron chi connectivity index (χ0n) is 11.9. The van der Waals surface area contributed by atoms with Gasteiger partial charge in [-0.15, -0.1) is 0 Å². The van der Waals surface area contributed by atoms with Crippen LogP contribution in [0.3, 0.4) is 0 Å². The van der Waals surface area contributed by atoms with Gasteiger partial charge in [0.25, 0.3) is 0 Å². The van der Waals surface area contributed by atoms with Crippen molar-refractivity contribution < 1.29 is 5.11 Å². The third-order valence-electron chi connectivity index (χ3n) is 3.41. The number of aromatic nitrogens is 1. The first-order valence-electron chi connectivity index (χ1n) is 7.14. The van der Waals surface area contributed by atoms with Gasteiger partial charge < -0.3 is 15.0 Å². The number of nitrogens with zero attached hydrogens (tertiary/aromatic N) is 1. The van der Waals surface area contributed by atoms with Gasteiger partial charge in [-0.3, -0.25) is 0 Å². The van der Waals surface area contributed by atoms with Crippen LogP contribution in [0.1, 0.15) is 25.8 Å². The molecule has 0 saturated heterocycles. The first kappa shape index (κ1) is 14.1. The Morgan fingerprint density at radius 3 is 2.89 bits per heavy atom. The number of benzene rings is 1. The lowest BCUT2D eigenvalue weighted by molar-refractivity contribution is 0.224. The second kappa shape index (κ2) is 6.73. The maximum Gasteiger partial charge on any atom is 0.0483 e. The Morgan fingerprint density at radius 2 is 2.16 bits per heavy atom. The third-order valence-corrected chi connectivity index (χ3v) is 3.41. The number of hydrogen-bond acceptors (Lipinski definition) is 2. The minimum absolute atomic E-state index is 0.234. The minimum Gasteiger partial charge on any atom is -0.396 e. The summed E-state index contributed by atoms with van der Waals surface area (Å²) in [5.41, 5.74) is 2.58. The van der Waals surface area contributed by atoms with E-state index in [4.69, 9.17) is 0 Å². The van der Waals surface area contributed by atoms with E-state index in [1.165, 1.54) is 16.5 Å². The van der Waals surface area contributed by atoms with Gasteiger partial charge in [-0.25, -0.2) is 0 Å². The molecule has 0 bridgehead atoms. The largest absolute Gasteiger partial charge is 0.396 e. The van der Waals surface area contributed by atoms with E-state index in [1.807, 2.05) is 0 Å². The summed E-state index contributed by atoms with van der Waals surface area (Å²) in [4.78, 5) is 0. The van der Waals surface area contributed by atoms with Gasteiger partial charge in [0.05, 0.1) is 0 Å². The molecule has 0 fully saturated rings. The average Bonchev–Trinajstić information content (AvgIpc) is 2.82. The van der Waals surface area contributed by atoms with Crippen molar-refractivity contribution in [3.63, 3.8) is 0 Å². The van der Waals surface area contributed by atoms with Crippen LogP contribution in [0, 0.1) is 5.92 Å². The summed E-state index contributed by atoms with van der Waals surface area (Å²) in [5.74, 6) is 0.289. The lowest BCUT2D eigenvalue weighted by Gasteiger charge is -2.11. The molecule has 0 aliphatic heterocycles. The Morgan fingerprint density at radius 1 is 1.32 bits per heavy atom. The second-order valence-corrected chi connectivity index (χ2v) is 5.33. The number of rotatable bonds is 7. The van der Waals surface area contributed by atoms with E-state index >= 15 is 0 Å². The summed E-state index contributed by atoms with van der Waals surface area (Å²) in [7, 11) is 0. The van der Waals surface area contributed by atoms with Crippen LogP contribution < -0.4 is 5.32 Å². The molecule has 1 aromatic carbocycles. The van der Waals surface area contributed by atoms with Gasteiger partial charge in [0, 0.05) is 31.4 Å². The van der Waals surface area contributed by atoms with E-state index in [0.29, 0.717) is 0 Å². The SMILES string of the molecule is CCCNCc1ccc2ccn(CC(C)CO)c2c1. The summed E-state index contributed by atoms with van der Waals surface area (Å²) in [6.07, 6.45) is 3.27. The van der Waals surface area contributed by atoms with E-state index in [1.54, 1.807) is 0 Å². The molecule has 0 spiro atoms. The molecule has 19 heavy (non-hydrogen) atoms. The molecule has 1 atom stereocenters. The highest BCUT2D eigenvalue weighted by molar-refractivity contribution is 5.80. The standard InChI is InChI=1S/C16H24N2O/c1-3-7-17-10-14-4-5-15-6-8-18(16(15)9-14)11-13(2)12-19/h4-6,8-9,13,17,19H,3,7,10-12H2,1-2H3. The monoisotopic (exact) mass is 260 g/mol. The smallest absolute Gasteiger partial charge is 0.0483 e. The van der Waals surface area contributed by atoms with Gasteiger partial charge in [0.15, 0.2) is 0 Å². The fourth-order valence-electron chi connectivity index (χ4n) is 2.30. The van der Waals surface area contributed by atoms with Gasteiger partial charge in [-0.2, -0.15) is 0 Å². The normalized spacial score (nSPS) is 13.0. The first-order chi connectivity index (χ1) is 9.24. The fraction of sp³-hybridized carbons (Fsp3) is 0.500. The maximum absolute atomic E-state index is 9.18. The zero-order valence-corrected chi connectivity index (χ0v) is 11.9. The Balaban J connectivity index is 2.17. The number of nitrogens with one attached hydrogen (secondary N) is 1. The molecule has 2 aromatic rings. The summed E-state index contributed by atoms with van der Waals surface area (Å²) in [6.45, 7) is 7.32. The average molecular weight is 260 g/mol. The van der Waals surface area contributed by atoms with Crippen LogP contribution in [0.15, 0.2) is 30.5 Å². The number of aliphatic hydroxyl groups is 1. The van der Waals surface area contributed by atoms with Crippen LogP contribution in [0.25, 0.3) is 10.9 Å². The zero-order chi connectivity index (χ0) is 13.7. The minimum atomic E-state index is 0.234. The van der Waals surface area contributed by atoms with Gasteiger partial charge in [0.1, 0.15) is 0 Å². The third kappa shape index (κ3) is 3.58. The van der Waals surface area contributed by atoms with E-state index in [-0.39, 0.29) is 12.5 Å². The van der Waals surface area contributed by atoms with Gasteiger partial charge in [-0.05, 0) is 42.0 Å². The molecule has 1 unspecified atom stereocenters. The number of aliphatic hydroxyl groups excluding tert-OH is 1. The molecule has 0 amide bonds. The van der Waals surface area contributed by atoms with E-state index in [2.05, 4.69) is 54.2 Å². The van der Waals surface area contributed by atoms with Crippen molar-refractivity contribution in [2.45, 2.75) is 33.4 Å².